The molecular weight excluding hydrogens is 366 g/mol. The predicted molar refractivity (Wildman–Crippen MR) is 102 cm³/mol. The number of carbonyl (C=O) groups excluding carboxylic acids is 1. The number of piperidine rings is 1. The number of carbonyl (C=O) groups is 1. The molecule has 0 aliphatic carbocycles. The number of ether oxygens (including phenoxy) is 1. The number of rotatable bonds is 4. The van der Waals surface area contributed by atoms with E-state index in [2.05, 4.69) is 0 Å². The Labute approximate surface area is 161 Å². The van der Waals surface area contributed by atoms with Gasteiger partial charge in [-0.15, -0.1) is 0 Å². The van der Waals surface area contributed by atoms with Crippen molar-refractivity contribution in [3.63, 3.8) is 0 Å². The average Bonchev–Trinajstić information content (AvgIpc) is 2.60. The van der Waals surface area contributed by atoms with E-state index in [9.17, 15) is 18.5 Å². The molecule has 1 aromatic carbocycles. The molecule has 0 spiro atoms. The van der Waals surface area contributed by atoms with Crippen LogP contribution in [-0.2, 0) is 20.5 Å². The summed E-state index contributed by atoms with van der Waals surface area (Å²) in [6.45, 7) is 6.03. The molecule has 0 aromatic heterocycles. The van der Waals surface area contributed by atoms with Crippen molar-refractivity contribution in [2.24, 2.45) is 0 Å². The van der Waals surface area contributed by atoms with Crippen molar-refractivity contribution in [2.75, 3.05) is 20.1 Å². The molecule has 1 saturated heterocycles. The van der Waals surface area contributed by atoms with Crippen LogP contribution in [-0.4, -0.2) is 55.5 Å². The first kappa shape index (κ1) is 21.2. The summed E-state index contributed by atoms with van der Waals surface area (Å²) in [4.78, 5) is 13.8. The van der Waals surface area contributed by atoms with Crippen LogP contribution in [0.4, 0.5) is 4.79 Å². The number of benzene rings is 1. The van der Waals surface area contributed by atoms with Crippen LogP contribution in [0.5, 0.6) is 0 Å². The van der Waals surface area contributed by atoms with Crippen LogP contribution >= 0.6 is 0 Å². The molecule has 8 heteroatoms. The fourth-order valence-electron chi connectivity index (χ4n) is 3.02. The number of sulfonamides is 1. The molecule has 148 valence electrons. The molecule has 1 aromatic rings. The molecule has 1 amide bonds. The monoisotopic (exact) mass is 393 g/mol. The summed E-state index contributed by atoms with van der Waals surface area (Å²) >= 11 is 0. The van der Waals surface area contributed by atoms with E-state index in [0.717, 1.165) is 6.42 Å². The van der Waals surface area contributed by atoms with E-state index < -0.39 is 21.7 Å². The van der Waals surface area contributed by atoms with Gasteiger partial charge in [-0.05, 0) is 45.2 Å². The highest BCUT2D eigenvalue weighted by molar-refractivity contribution is 7.88. The third-order valence-corrected chi connectivity index (χ3v) is 6.25. The second-order valence-electron chi connectivity index (χ2n) is 7.77. The fraction of sp³-hybridized carbons (Fsp3) is 0.579. The molecule has 2 rings (SSSR count). The van der Waals surface area contributed by atoms with Crippen LogP contribution in [0.25, 0.3) is 0 Å². The summed E-state index contributed by atoms with van der Waals surface area (Å²) in [7, 11) is -1.95. The SMILES string of the molecule is CN(C(=O)OC(C)(C)C)[C@@H]1CCCN(S(=O)(=O)Cc2ccccc2C#N)C1. The first-order chi connectivity index (χ1) is 12.5. The van der Waals surface area contributed by atoms with E-state index in [1.54, 1.807) is 52.1 Å². The van der Waals surface area contributed by atoms with Crippen molar-refractivity contribution in [1.82, 2.24) is 9.21 Å². The first-order valence-electron chi connectivity index (χ1n) is 8.95. The molecule has 1 heterocycles. The number of amides is 1. The Balaban J connectivity index is 2.10. The molecule has 1 fully saturated rings. The standard InChI is InChI=1S/C19H27N3O4S/c1-19(2,3)26-18(23)21(4)17-10-7-11-22(13-17)27(24,25)14-16-9-6-5-8-15(16)12-20/h5-6,8-9,17H,7,10-11,13-14H2,1-4H3/t17-/m1/s1. The van der Waals surface area contributed by atoms with Gasteiger partial charge < -0.3 is 9.64 Å². The van der Waals surface area contributed by atoms with Crippen molar-refractivity contribution in [1.29, 1.82) is 5.26 Å². The number of likely N-dealkylation sites (N-methyl/N-ethyl adjacent to an activating group) is 1. The third kappa shape index (κ3) is 5.68. The lowest BCUT2D eigenvalue weighted by atomic mass is 10.1. The fourth-order valence-corrected chi connectivity index (χ4v) is 4.65. The normalized spacial score (nSPS) is 18.6. The van der Waals surface area contributed by atoms with Gasteiger partial charge in [-0.2, -0.15) is 9.57 Å². The highest BCUT2D eigenvalue weighted by atomic mass is 32.2. The van der Waals surface area contributed by atoms with Gasteiger partial charge in [-0.3, -0.25) is 0 Å². The van der Waals surface area contributed by atoms with Crippen LogP contribution in [0, 0.1) is 11.3 Å². The van der Waals surface area contributed by atoms with Gasteiger partial charge in [0, 0.05) is 26.2 Å². The van der Waals surface area contributed by atoms with E-state index in [1.165, 1.54) is 9.21 Å². The minimum absolute atomic E-state index is 0.223. The Kier molecular flexibility index (Phi) is 6.50. The van der Waals surface area contributed by atoms with Gasteiger partial charge in [-0.1, -0.05) is 18.2 Å². The average molecular weight is 394 g/mol. The summed E-state index contributed by atoms with van der Waals surface area (Å²) in [5.41, 5.74) is 0.246. The zero-order valence-corrected chi connectivity index (χ0v) is 17.1. The molecular formula is C19H27N3O4S. The second-order valence-corrected chi connectivity index (χ2v) is 9.74. The van der Waals surface area contributed by atoms with Gasteiger partial charge in [0.2, 0.25) is 10.0 Å². The van der Waals surface area contributed by atoms with Crippen molar-refractivity contribution in [3.8, 4) is 6.07 Å². The summed E-state index contributed by atoms with van der Waals surface area (Å²) < 4.78 is 32.5. The third-order valence-electron chi connectivity index (χ3n) is 4.46. The summed E-state index contributed by atoms with van der Waals surface area (Å²) in [6.07, 6.45) is 0.926. The Morgan fingerprint density at radius 3 is 2.67 bits per heavy atom. The van der Waals surface area contributed by atoms with Crippen molar-refractivity contribution in [3.05, 3.63) is 35.4 Å². The maximum atomic E-state index is 12.9. The maximum Gasteiger partial charge on any atom is 0.410 e. The minimum Gasteiger partial charge on any atom is -0.444 e. The molecule has 0 radical (unpaired) electrons. The smallest absolute Gasteiger partial charge is 0.410 e. The Bertz CT molecular complexity index is 824. The molecule has 0 saturated carbocycles. The summed E-state index contributed by atoms with van der Waals surface area (Å²) in [5, 5.41) is 9.18. The van der Waals surface area contributed by atoms with E-state index in [1.807, 2.05) is 6.07 Å². The zero-order chi connectivity index (χ0) is 20.2. The predicted octanol–water partition coefficient (Wildman–Crippen LogP) is 2.72. The van der Waals surface area contributed by atoms with Crippen molar-refractivity contribution >= 4 is 16.1 Å². The quantitative estimate of drug-likeness (QED) is 0.784. The lowest BCUT2D eigenvalue weighted by Crippen LogP contribution is -2.51. The summed E-state index contributed by atoms with van der Waals surface area (Å²) in [5.74, 6) is -0.223. The van der Waals surface area contributed by atoms with Crippen LogP contribution in [0.3, 0.4) is 0 Å². The van der Waals surface area contributed by atoms with Crippen molar-refractivity contribution in [2.45, 2.75) is 51.0 Å². The van der Waals surface area contributed by atoms with Crippen LogP contribution in [0.2, 0.25) is 0 Å². The molecule has 1 aliphatic heterocycles. The number of nitriles is 1. The zero-order valence-electron chi connectivity index (χ0n) is 16.3. The topological polar surface area (TPSA) is 90.7 Å². The number of hydrogen-bond donors (Lipinski definition) is 0. The lowest BCUT2D eigenvalue weighted by molar-refractivity contribution is 0.0173. The molecule has 1 atom stereocenters. The Morgan fingerprint density at radius 1 is 1.37 bits per heavy atom. The van der Waals surface area contributed by atoms with Gasteiger partial charge in [0.05, 0.1) is 17.4 Å². The minimum atomic E-state index is -3.59. The Hall–Kier alpha value is -2.11. The summed E-state index contributed by atoms with van der Waals surface area (Å²) in [6, 6.07) is 8.49. The Morgan fingerprint density at radius 2 is 2.04 bits per heavy atom. The highest BCUT2D eigenvalue weighted by Gasteiger charge is 2.34. The van der Waals surface area contributed by atoms with E-state index >= 15 is 0 Å². The highest BCUT2D eigenvalue weighted by Crippen LogP contribution is 2.22. The van der Waals surface area contributed by atoms with Gasteiger partial charge in [0.1, 0.15) is 5.60 Å². The van der Waals surface area contributed by atoms with Crippen LogP contribution in [0.1, 0.15) is 44.7 Å². The molecule has 0 bridgehead atoms. The van der Waals surface area contributed by atoms with Crippen LogP contribution < -0.4 is 0 Å². The van der Waals surface area contributed by atoms with Gasteiger partial charge >= 0.3 is 6.09 Å². The number of nitrogens with zero attached hydrogens (tertiary/aromatic N) is 3. The van der Waals surface area contributed by atoms with E-state index in [-0.39, 0.29) is 18.3 Å². The molecule has 27 heavy (non-hydrogen) atoms. The maximum absolute atomic E-state index is 12.9. The number of hydrogen-bond acceptors (Lipinski definition) is 5. The largest absolute Gasteiger partial charge is 0.444 e. The lowest BCUT2D eigenvalue weighted by Gasteiger charge is -2.37. The molecule has 1 aliphatic rings. The first-order valence-corrected chi connectivity index (χ1v) is 10.6. The molecule has 0 N–H and O–H groups in total. The van der Waals surface area contributed by atoms with E-state index in [0.29, 0.717) is 24.1 Å². The van der Waals surface area contributed by atoms with Gasteiger partial charge in [-0.25, -0.2) is 13.2 Å². The molecule has 7 nitrogen and oxygen atoms in total. The van der Waals surface area contributed by atoms with Gasteiger partial charge in [0.25, 0.3) is 0 Å². The van der Waals surface area contributed by atoms with Crippen molar-refractivity contribution < 1.29 is 17.9 Å². The van der Waals surface area contributed by atoms with Gasteiger partial charge in [0.15, 0.2) is 0 Å². The van der Waals surface area contributed by atoms with E-state index in [4.69, 9.17) is 4.74 Å². The van der Waals surface area contributed by atoms with Crippen LogP contribution in [0.15, 0.2) is 24.3 Å². The molecule has 0 unspecified atom stereocenters. The second kappa shape index (κ2) is 8.28.